The highest BCUT2D eigenvalue weighted by Crippen LogP contribution is 2.51. The molecule has 0 bridgehead atoms. The summed E-state index contributed by atoms with van der Waals surface area (Å²) < 4.78 is 2.13. The summed E-state index contributed by atoms with van der Waals surface area (Å²) in [6.07, 6.45) is 9.54. The van der Waals surface area contributed by atoms with E-state index >= 15 is 0 Å². The van der Waals surface area contributed by atoms with E-state index in [1.807, 2.05) is 23.9 Å². The van der Waals surface area contributed by atoms with Crippen LogP contribution < -0.4 is 0 Å². The van der Waals surface area contributed by atoms with Crippen molar-refractivity contribution in [3.05, 3.63) is 23.1 Å². The SMILES string of the molecule is CC1(C)CCC([C@H](O)c2c(C3CC3)sc3cncn23)C1. The van der Waals surface area contributed by atoms with E-state index in [1.54, 1.807) is 0 Å². The van der Waals surface area contributed by atoms with Gasteiger partial charge in [0.05, 0.1) is 18.0 Å². The first kappa shape index (κ1) is 12.8. The molecule has 2 aromatic heterocycles. The third-order valence-corrected chi connectivity index (χ3v) is 6.29. The molecule has 0 aliphatic heterocycles. The van der Waals surface area contributed by atoms with Crippen molar-refractivity contribution in [2.45, 2.75) is 58.0 Å². The molecule has 2 aliphatic rings. The highest BCUT2D eigenvalue weighted by molar-refractivity contribution is 7.17. The number of hydrogen-bond acceptors (Lipinski definition) is 3. The highest BCUT2D eigenvalue weighted by Gasteiger charge is 2.39. The summed E-state index contributed by atoms with van der Waals surface area (Å²) in [4.78, 5) is 6.84. The minimum atomic E-state index is -0.324. The Morgan fingerprint density at radius 3 is 2.85 bits per heavy atom. The van der Waals surface area contributed by atoms with Gasteiger partial charge in [-0.05, 0) is 49.4 Å². The lowest BCUT2D eigenvalue weighted by atomic mass is 9.88. The number of rotatable bonds is 3. The van der Waals surface area contributed by atoms with Crippen LogP contribution in [0.2, 0.25) is 0 Å². The molecular weight excluding hydrogens is 268 g/mol. The summed E-state index contributed by atoms with van der Waals surface area (Å²) >= 11 is 1.83. The van der Waals surface area contributed by atoms with Crippen LogP contribution in [0.5, 0.6) is 0 Å². The Kier molecular flexibility index (Phi) is 2.77. The van der Waals surface area contributed by atoms with Crippen molar-refractivity contribution in [1.29, 1.82) is 0 Å². The van der Waals surface area contributed by atoms with Gasteiger partial charge < -0.3 is 5.11 Å². The first-order valence-electron chi connectivity index (χ1n) is 7.68. The van der Waals surface area contributed by atoms with Gasteiger partial charge in [0.15, 0.2) is 0 Å². The molecule has 108 valence electrons. The van der Waals surface area contributed by atoms with Gasteiger partial charge in [-0.1, -0.05) is 13.8 Å². The van der Waals surface area contributed by atoms with Crippen molar-refractivity contribution in [3.8, 4) is 0 Å². The predicted octanol–water partition coefficient (Wildman–Crippen LogP) is 4.13. The number of imidazole rings is 1. The molecule has 4 rings (SSSR count). The molecular formula is C16H22N2OS. The molecule has 2 aliphatic carbocycles. The van der Waals surface area contributed by atoms with Crippen molar-refractivity contribution in [2.75, 3.05) is 0 Å². The lowest BCUT2D eigenvalue weighted by molar-refractivity contribution is 0.0995. The van der Waals surface area contributed by atoms with E-state index in [0.717, 1.165) is 18.5 Å². The summed E-state index contributed by atoms with van der Waals surface area (Å²) in [6.45, 7) is 4.64. The van der Waals surface area contributed by atoms with Gasteiger partial charge in [0.25, 0.3) is 0 Å². The van der Waals surface area contributed by atoms with Gasteiger partial charge in [-0.3, -0.25) is 4.40 Å². The Morgan fingerprint density at radius 2 is 2.20 bits per heavy atom. The molecule has 1 unspecified atom stereocenters. The van der Waals surface area contributed by atoms with E-state index in [1.165, 1.54) is 29.0 Å². The van der Waals surface area contributed by atoms with Crippen LogP contribution in [0, 0.1) is 11.3 Å². The van der Waals surface area contributed by atoms with Gasteiger partial charge in [0, 0.05) is 4.88 Å². The first-order chi connectivity index (χ1) is 9.55. The number of aromatic nitrogens is 2. The molecule has 2 fully saturated rings. The molecule has 20 heavy (non-hydrogen) atoms. The maximum atomic E-state index is 11.0. The second kappa shape index (κ2) is 4.31. The number of aliphatic hydroxyl groups excluding tert-OH is 1. The minimum absolute atomic E-state index is 0.324. The van der Waals surface area contributed by atoms with Gasteiger partial charge in [-0.2, -0.15) is 0 Å². The van der Waals surface area contributed by atoms with E-state index in [0.29, 0.717) is 17.3 Å². The molecule has 1 N–H and O–H groups in total. The van der Waals surface area contributed by atoms with Gasteiger partial charge in [0.1, 0.15) is 11.2 Å². The number of fused-ring (bicyclic) bond motifs is 1. The molecule has 2 saturated carbocycles. The van der Waals surface area contributed by atoms with E-state index in [9.17, 15) is 5.11 Å². The number of nitrogens with zero attached hydrogens (tertiary/aromatic N) is 2. The lowest BCUT2D eigenvalue weighted by Gasteiger charge is -2.22. The fourth-order valence-corrected chi connectivity index (χ4v) is 5.04. The Morgan fingerprint density at radius 1 is 1.40 bits per heavy atom. The average Bonchev–Trinajstić information content (AvgIpc) is 2.86. The van der Waals surface area contributed by atoms with Crippen molar-refractivity contribution in [3.63, 3.8) is 0 Å². The monoisotopic (exact) mass is 290 g/mol. The van der Waals surface area contributed by atoms with E-state index in [-0.39, 0.29) is 6.10 Å². The Bertz CT molecular complexity index is 638. The second-order valence-corrected chi connectivity index (χ2v) is 8.40. The summed E-state index contributed by atoms with van der Waals surface area (Å²) in [5.74, 6) is 1.10. The van der Waals surface area contributed by atoms with E-state index in [2.05, 4.69) is 23.2 Å². The average molecular weight is 290 g/mol. The molecule has 2 heterocycles. The van der Waals surface area contributed by atoms with Gasteiger partial charge in [-0.25, -0.2) is 4.98 Å². The van der Waals surface area contributed by atoms with Crippen LogP contribution in [0.15, 0.2) is 12.5 Å². The normalized spacial score (nSPS) is 27.2. The maximum absolute atomic E-state index is 11.0. The lowest BCUT2D eigenvalue weighted by Crippen LogP contribution is -2.15. The van der Waals surface area contributed by atoms with Crippen LogP contribution in [0.1, 0.15) is 68.5 Å². The van der Waals surface area contributed by atoms with Gasteiger partial charge in [-0.15, -0.1) is 11.3 Å². The number of hydrogen-bond donors (Lipinski definition) is 1. The smallest absolute Gasteiger partial charge is 0.120 e. The van der Waals surface area contributed by atoms with Crippen LogP contribution in [0.3, 0.4) is 0 Å². The summed E-state index contributed by atoms with van der Waals surface area (Å²) in [5, 5.41) is 11.0. The zero-order valence-corrected chi connectivity index (χ0v) is 13.0. The quantitative estimate of drug-likeness (QED) is 0.922. The van der Waals surface area contributed by atoms with E-state index in [4.69, 9.17) is 0 Å². The summed E-state index contributed by atoms with van der Waals surface area (Å²) in [6, 6.07) is 0. The molecule has 4 heteroatoms. The van der Waals surface area contributed by atoms with Gasteiger partial charge >= 0.3 is 0 Å². The number of aliphatic hydroxyl groups is 1. The zero-order chi connectivity index (χ0) is 13.9. The van der Waals surface area contributed by atoms with Crippen LogP contribution in [-0.2, 0) is 0 Å². The minimum Gasteiger partial charge on any atom is -0.387 e. The molecule has 2 atom stereocenters. The zero-order valence-electron chi connectivity index (χ0n) is 12.2. The third-order valence-electron chi connectivity index (χ3n) is 5.01. The highest BCUT2D eigenvalue weighted by atomic mass is 32.1. The molecule has 0 aromatic carbocycles. The maximum Gasteiger partial charge on any atom is 0.120 e. The van der Waals surface area contributed by atoms with Crippen LogP contribution in [0.4, 0.5) is 0 Å². The predicted molar refractivity (Wildman–Crippen MR) is 81.1 cm³/mol. The molecule has 0 saturated heterocycles. The van der Waals surface area contributed by atoms with Crippen molar-refractivity contribution in [1.82, 2.24) is 9.38 Å². The molecule has 2 aromatic rings. The fourth-order valence-electron chi connectivity index (χ4n) is 3.73. The Labute approximate surface area is 123 Å². The van der Waals surface area contributed by atoms with E-state index < -0.39 is 0 Å². The molecule has 0 radical (unpaired) electrons. The van der Waals surface area contributed by atoms with Crippen LogP contribution in [-0.4, -0.2) is 14.5 Å². The number of thiazole rings is 1. The second-order valence-electron chi connectivity index (χ2n) is 7.34. The van der Waals surface area contributed by atoms with Crippen molar-refractivity contribution in [2.24, 2.45) is 11.3 Å². The largest absolute Gasteiger partial charge is 0.387 e. The molecule has 0 amide bonds. The summed E-state index contributed by atoms with van der Waals surface area (Å²) in [5.41, 5.74) is 1.53. The third kappa shape index (κ3) is 2.01. The first-order valence-corrected chi connectivity index (χ1v) is 8.49. The van der Waals surface area contributed by atoms with Crippen LogP contribution in [0.25, 0.3) is 4.83 Å². The Hall–Kier alpha value is -0.870. The van der Waals surface area contributed by atoms with Crippen molar-refractivity contribution >= 4 is 16.2 Å². The molecule has 0 spiro atoms. The van der Waals surface area contributed by atoms with Crippen molar-refractivity contribution < 1.29 is 5.11 Å². The Balaban J connectivity index is 1.73. The molecule has 3 nitrogen and oxygen atoms in total. The topological polar surface area (TPSA) is 37.5 Å². The van der Waals surface area contributed by atoms with Gasteiger partial charge in [0.2, 0.25) is 0 Å². The fraction of sp³-hybridized carbons (Fsp3) is 0.688. The standard InChI is InChI=1S/C16H22N2OS/c1-16(2)6-5-11(7-16)14(19)13-15(10-3-4-10)20-12-8-17-9-18(12)13/h8-11,14,19H,3-7H2,1-2H3/t11?,14-/m0/s1. The van der Waals surface area contributed by atoms with Crippen LogP contribution >= 0.6 is 11.3 Å². The summed E-state index contributed by atoms with van der Waals surface area (Å²) in [7, 11) is 0.